The SMILES string of the molecule is O=C(NS(=O)(=O)c1cccc(Br)c1)n1cc(-c2ccncc2)c(-c2ccc(Cl)c(O)c2)n1. The zero-order chi connectivity index (χ0) is 22.9. The highest BCUT2D eigenvalue weighted by Crippen LogP contribution is 2.34. The molecule has 0 fully saturated rings. The van der Waals surface area contributed by atoms with Gasteiger partial charge < -0.3 is 5.11 Å². The van der Waals surface area contributed by atoms with Gasteiger partial charge in [0.1, 0.15) is 11.4 Å². The van der Waals surface area contributed by atoms with Crippen LogP contribution in [0.5, 0.6) is 5.75 Å². The summed E-state index contributed by atoms with van der Waals surface area (Å²) in [6.45, 7) is 0. The lowest BCUT2D eigenvalue weighted by Crippen LogP contribution is -2.34. The van der Waals surface area contributed by atoms with Crippen LogP contribution in [-0.4, -0.2) is 34.3 Å². The van der Waals surface area contributed by atoms with Crippen LogP contribution in [0.1, 0.15) is 0 Å². The lowest BCUT2D eigenvalue weighted by atomic mass is 10.0. The van der Waals surface area contributed by atoms with E-state index < -0.39 is 16.1 Å². The van der Waals surface area contributed by atoms with Crippen LogP contribution in [-0.2, 0) is 10.0 Å². The van der Waals surface area contributed by atoms with Gasteiger partial charge in [0.15, 0.2) is 0 Å². The quantitative estimate of drug-likeness (QED) is 0.394. The average Bonchev–Trinajstić information content (AvgIpc) is 3.22. The van der Waals surface area contributed by atoms with Crippen molar-refractivity contribution in [3.8, 4) is 28.1 Å². The molecule has 0 aliphatic heterocycles. The normalized spacial score (nSPS) is 11.3. The maximum Gasteiger partial charge on any atom is 0.355 e. The Hall–Kier alpha value is -3.21. The fourth-order valence-electron chi connectivity index (χ4n) is 2.95. The third-order valence-corrected chi connectivity index (χ3v) is 6.59. The van der Waals surface area contributed by atoms with Gasteiger partial charge in [-0.15, -0.1) is 0 Å². The molecule has 2 N–H and O–H groups in total. The molecule has 8 nitrogen and oxygen atoms in total. The fourth-order valence-corrected chi connectivity index (χ4v) is 4.60. The fraction of sp³-hybridized carbons (Fsp3) is 0. The summed E-state index contributed by atoms with van der Waals surface area (Å²) < 4.78 is 28.7. The van der Waals surface area contributed by atoms with E-state index in [2.05, 4.69) is 26.0 Å². The van der Waals surface area contributed by atoms with Crippen LogP contribution in [0.2, 0.25) is 5.02 Å². The maximum absolute atomic E-state index is 12.8. The Kier molecular flexibility index (Phi) is 6.00. The Morgan fingerprint density at radius 2 is 1.81 bits per heavy atom. The molecule has 0 radical (unpaired) electrons. The Bertz CT molecular complexity index is 1430. The number of aromatic nitrogens is 3. The largest absolute Gasteiger partial charge is 0.506 e. The van der Waals surface area contributed by atoms with Gasteiger partial charge in [-0.1, -0.05) is 39.7 Å². The van der Waals surface area contributed by atoms with Crippen LogP contribution in [0.15, 0.2) is 82.6 Å². The molecule has 0 saturated heterocycles. The molecule has 0 bridgehead atoms. The van der Waals surface area contributed by atoms with Gasteiger partial charge in [-0.3, -0.25) is 4.98 Å². The highest BCUT2D eigenvalue weighted by Gasteiger charge is 2.22. The second-order valence-corrected chi connectivity index (χ2v) is 9.61. The Morgan fingerprint density at radius 1 is 1.06 bits per heavy atom. The summed E-state index contributed by atoms with van der Waals surface area (Å²) in [6, 6.07) is 13.0. The first-order valence-electron chi connectivity index (χ1n) is 9.06. The molecule has 0 atom stereocenters. The third kappa shape index (κ3) is 4.52. The molecular formula is C21H14BrClN4O4S. The van der Waals surface area contributed by atoms with E-state index in [1.54, 1.807) is 42.7 Å². The van der Waals surface area contributed by atoms with Crippen molar-refractivity contribution in [1.82, 2.24) is 19.5 Å². The molecule has 2 heterocycles. The number of phenolic OH excluding ortho intramolecular Hbond substituents is 1. The topological polar surface area (TPSA) is 114 Å². The van der Waals surface area contributed by atoms with E-state index in [9.17, 15) is 18.3 Å². The summed E-state index contributed by atoms with van der Waals surface area (Å²) in [7, 11) is -4.13. The van der Waals surface area contributed by atoms with E-state index >= 15 is 0 Å². The van der Waals surface area contributed by atoms with Gasteiger partial charge in [-0.2, -0.15) is 9.78 Å². The number of amides is 1. The van der Waals surface area contributed by atoms with E-state index in [4.69, 9.17) is 11.6 Å². The number of nitrogens with one attached hydrogen (secondary N) is 1. The Labute approximate surface area is 196 Å². The molecule has 0 aliphatic carbocycles. The van der Waals surface area contributed by atoms with E-state index in [1.807, 2.05) is 4.72 Å². The van der Waals surface area contributed by atoms with Gasteiger partial charge in [0, 0.05) is 34.2 Å². The summed E-state index contributed by atoms with van der Waals surface area (Å²) in [5.41, 5.74) is 2.06. The first-order valence-corrected chi connectivity index (χ1v) is 11.7. The number of aromatic hydroxyl groups is 1. The zero-order valence-corrected chi connectivity index (χ0v) is 19.3. The zero-order valence-electron chi connectivity index (χ0n) is 16.1. The van der Waals surface area contributed by atoms with E-state index in [0.29, 0.717) is 26.9 Å². The molecule has 0 aliphatic rings. The minimum atomic E-state index is -4.13. The summed E-state index contributed by atoms with van der Waals surface area (Å²) in [6.07, 6.45) is 4.56. The number of pyridine rings is 1. The average molecular weight is 534 g/mol. The van der Waals surface area contributed by atoms with E-state index in [0.717, 1.165) is 4.68 Å². The molecule has 32 heavy (non-hydrogen) atoms. The molecule has 162 valence electrons. The van der Waals surface area contributed by atoms with Gasteiger partial charge >= 0.3 is 6.03 Å². The van der Waals surface area contributed by atoms with Crippen LogP contribution in [0.3, 0.4) is 0 Å². The Morgan fingerprint density at radius 3 is 2.50 bits per heavy atom. The van der Waals surface area contributed by atoms with E-state index in [1.165, 1.54) is 30.5 Å². The second-order valence-electron chi connectivity index (χ2n) is 6.61. The molecule has 4 rings (SSSR count). The second kappa shape index (κ2) is 8.73. The summed E-state index contributed by atoms with van der Waals surface area (Å²) in [5, 5.41) is 14.4. The van der Waals surface area contributed by atoms with Crippen molar-refractivity contribution < 1.29 is 18.3 Å². The first-order chi connectivity index (χ1) is 15.2. The van der Waals surface area contributed by atoms with Crippen LogP contribution >= 0.6 is 27.5 Å². The molecular weight excluding hydrogens is 520 g/mol. The number of sulfonamides is 1. The Balaban J connectivity index is 1.75. The van der Waals surface area contributed by atoms with Crippen LogP contribution in [0, 0.1) is 0 Å². The summed E-state index contributed by atoms with van der Waals surface area (Å²) in [4.78, 5) is 16.7. The maximum atomic E-state index is 12.8. The van der Waals surface area contributed by atoms with Crippen molar-refractivity contribution in [1.29, 1.82) is 0 Å². The third-order valence-electron chi connectivity index (χ3n) is 4.46. The molecule has 0 spiro atoms. The van der Waals surface area contributed by atoms with Gasteiger partial charge in [0.2, 0.25) is 0 Å². The number of hydrogen-bond donors (Lipinski definition) is 2. The number of rotatable bonds is 4. The number of halogens is 2. The number of hydrogen-bond acceptors (Lipinski definition) is 6. The molecule has 11 heteroatoms. The standard InChI is InChI=1S/C21H14BrClN4O4S/c22-15-2-1-3-16(11-15)32(30,31)26-21(29)27-12-17(13-6-8-24-9-7-13)20(25-27)14-4-5-18(23)19(28)10-14/h1-12,28H,(H,26,29). The van der Waals surface area contributed by atoms with Crippen molar-refractivity contribution in [2.45, 2.75) is 4.90 Å². The van der Waals surface area contributed by atoms with Gasteiger partial charge in [-0.05, 0) is 48.0 Å². The highest BCUT2D eigenvalue weighted by molar-refractivity contribution is 9.10. The lowest BCUT2D eigenvalue weighted by Gasteiger charge is -2.07. The molecule has 1 amide bonds. The first kappa shape index (κ1) is 22.0. The monoisotopic (exact) mass is 532 g/mol. The lowest BCUT2D eigenvalue weighted by molar-refractivity contribution is 0.244. The number of carbonyl (C=O) groups is 1. The van der Waals surface area contributed by atoms with Crippen LogP contribution in [0.25, 0.3) is 22.4 Å². The highest BCUT2D eigenvalue weighted by atomic mass is 79.9. The summed E-state index contributed by atoms with van der Waals surface area (Å²) >= 11 is 9.12. The van der Waals surface area contributed by atoms with Crippen molar-refractivity contribution in [3.63, 3.8) is 0 Å². The number of benzene rings is 2. The van der Waals surface area contributed by atoms with Crippen molar-refractivity contribution in [3.05, 3.63) is 82.7 Å². The number of carbonyl (C=O) groups excluding carboxylic acids is 1. The van der Waals surface area contributed by atoms with Crippen LogP contribution < -0.4 is 4.72 Å². The molecule has 2 aromatic carbocycles. The minimum absolute atomic E-state index is 0.0791. The number of nitrogens with zero attached hydrogens (tertiary/aromatic N) is 3. The molecule has 0 saturated carbocycles. The van der Waals surface area contributed by atoms with E-state index in [-0.39, 0.29) is 15.7 Å². The predicted octanol–water partition coefficient (Wildman–Crippen LogP) is 4.68. The number of phenols is 1. The summed E-state index contributed by atoms with van der Waals surface area (Å²) in [5.74, 6) is -0.152. The van der Waals surface area contributed by atoms with Gasteiger partial charge in [0.25, 0.3) is 10.0 Å². The van der Waals surface area contributed by atoms with Crippen LogP contribution in [0.4, 0.5) is 4.79 Å². The van der Waals surface area contributed by atoms with Crippen molar-refractivity contribution in [2.24, 2.45) is 0 Å². The van der Waals surface area contributed by atoms with Crippen molar-refractivity contribution in [2.75, 3.05) is 0 Å². The van der Waals surface area contributed by atoms with Gasteiger partial charge in [-0.25, -0.2) is 17.9 Å². The molecule has 0 unspecified atom stereocenters. The predicted molar refractivity (Wildman–Crippen MR) is 123 cm³/mol. The molecule has 2 aromatic heterocycles. The molecule has 4 aromatic rings. The minimum Gasteiger partial charge on any atom is -0.506 e. The smallest absolute Gasteiger partial charge is 0.355 e. The van der Waals surface area contributed by atoms with Gasteiger partial charge in [0.05, 0.1) is 9.92 Å². The van der Waals surface area contributed by atoms with Crippen molar-refractivity contribution >= 4 is 43.6 Å².